The molecule has 1 aromatic heterocycles. The third-order valence-electron chi connectivity index (χ3n) is 3.98. The molecule has 1 unspecified atom stereocenters. The van der Waals surface area contributed by atoms with Gasteiger partial charge in [0.2, 0.25) is 0 Å². The van der Waals surface area contributed by atoms with Crippen LogP contribution in [-0.2, 0) is 13.0 Å². The minimum Gasteiger partial charge on any atom is -0.492 e. The zero-order valence-corrected chi connectivity index (χ0v) is 12.0. The maximum atomic E-state index is 11.6. The zero-order chi connectivity index (χ0) is 14.7. The van der Waals surface area contributed by atoms with Gasteiger partial charge in [-0.25, -0.2) is 0 Å². The summed E-state index contributed by atoms with van der Waals surface area (Å²) in [7, 11) is 0. The van der Waals surface area contributed by atoms with E-state index in [-0.39, 0.29) is 11.6 Å². The summed E-state index contributed by atoms with van der Waals surface area (Å²) < 4.78 is 7.41. The summed E-state index contributed by atoms with van der Waals surface area (Å²) in [6, 6.07) is 11.4. The molecule has 1 aromatic carbocycles. The van der Waals surface area contributed by atoms with Crippen LogP contribution in [-0.4, -0.2) is 11.2 Å². The summed E-state index contributed by atoms with van der Waals surface area (Å²) in [4.78, 5) is 11.6. The Balaban J connectivity index is 1.64. The SMILES string of the molecule is NC1CCCc2cc(OCCn3ccccc3=O)ccc21. The third kappa shape index (κ3) is 3.16. The number of rotatable bonds is 4. The molecule has 4 nitrogen and oxygen atoms in total. The van der Waals surface area contributed by atoms with Crippen LogP contribution in [0.1, 0.15) is 30.0 Å². The van der Waals surface area contributed by atoms with Crippen molar-refractivity contribution in [3.63, 3.8) is 0 Å². The maximum absolute atomic E-state index is 11.6. The molecule has 110 valence electrons. The normalized spacial score (nSPS) is 17.3. The number of hydrogen-bond acceptors (Lipinski definition) is 3. The lowest BCUT2D eigenvalue weighted by molar-refractivity contribution is 0.295. The highest BCUT2D eigenvalue weighted by atomic mass is 16.5. The van der Waals surface area contributed by atoms with Crippen LogP contribution in [0, 0.1) is 0 Å². The molecular formula is C17H20N2O2. The van der Waals surface area contributed by atoms with Gasteiger partial charge in [0.25, 0.3) is 5.56 Å². The van der Waals surface area contributed by atoms with Crippen LogP contribution in [0.5, 0.6) is 5.75 Å². The molecular weight excluding hydrogens is 264 g/mol. The zero-order valence-electron chi connectivity index (χ0n) is 12.0. The molecule has 0 spiro atoms. The fourth-order valence-corrected chi connectivity index (χ4v) is 2.83. The Morgan fingerprint density at radius 2 is 2.19 bits per heavy atom. The first-order valence-electron chi connectivity index (χ1n) is 7.41. The highest BCUT2D eigenvalue weighted by molar-refractivity contribution is 5.38. The monoisotopic (exact) mass is 284 g/mol. The Morgan fingerprint density at radius 1 is 1.29 bits per heavy atom. The van der Waals surface area contributed by atoms with Crippen LogP contribution >= 0.6 is 0 Å². The third-order valence-corrected chi connectivity index (χ3v) is 3.98. The van der Waals surface area contributed by atoms with E-state index in [1.165, 1.54) is 11.1 Å². The second kappa shape index (κ2) is 6.14. The average molecular weight is 284 g/mol. The first kappa shape index (κ1) is 13.9. The van der Waals surface area contributed by atoms with Crippen molar-refractivity contribution in [3.8, 4) is 5.75 Å². The van der Waals surface area contributed by atoms with Gasteiger partial charge in [0, 0.05) is 18.3 Å². The predicted octanol–water partition coefficient (Wildman–Crippen LogP) is 2.26. The molecule has 21 heavy (non-hydrogen) atoms. The van der Waals surface area contributed by atoms with Crippen molar-refractivity contribution >= 4 is 0 Å². The Bertz CT molecular complexity index is 678. The summed E-state index contributed by atoms with van der Waals surface area (Å²) in [5.74, 6) is 0.854. The first-order valence-corrected chi connectivity index (χ1v) is 7.41. The van der Waals surface area contributed by atoms with Gasteiger partial charge in [-0.2, -0.15) is 0 Å². The van der Waals surface area contributed by atoms with Crippen molar-refractivity contribution < 1.29 is 4.74 Å². The van der Waals surface area contributed by atoms with Gasteiger partial charge in [-0.15, -0.1) is 0 Å². The van der Waals surface area contributed by atoms with E-state index >= 15 is 0 Å². The summed E-state index contributed by atoms with van der Waals surface area (Å²) >= 11 is 0. The van der Waals surface area contributed by atoms with Crippen molar-refractivity contribution in [2.45, 2.75) is 31.8 Å². The number of pyridine rings is 1. The molecule has 0 saturated carbocycles. The fraction of sp³-hybridized carbons (Fsp3) is 0.353. The second-order valence-electron chi connectivity index (χ2n) is 5.44. The summed E-state index contributed by atoms with van der Waals surface area (Å²) in [6.45, 7) is 1.03. The Hall–Kier alpha value is -2.07. The number of nitrogens with zero attached hydrogens (tertiary/aromatic N) is 1. The number of fused-ring (bicyclic) bond motifs is 1. The van der Waals surface area contributed by atoms with E-state index in [1.54, 1.807) is 22.9 Å². The molecule has 0 fully saturated rings. The van der Waals surface area contributed by atoms with E-state index in [0.717, 1.165) is 25.0 Å². The molecule has 2 N–H and O–H groups in total. The Morgan fingerprint density at radius 3 is 3.05 bits per heavy atom. The van der Waals surface area contributed by atoms with Crippen molar-refractivity contribution in [2.75, 3.05) is 6.61 Å². The molecule has 0 aliphatic heterocycles. The van der Waals surface area contributed by atoms with Crippen LogP contribution in [0.4, 0.5) is 0 Å². The fourth-order valence-electron chi connectivity index (χ4n) is 2.83. The molecule has 1 atom stereocenters. The molecule has 4 heteroatoms. The second-order valence-corrected chi connectivity index (χ2v) is 5.44. The Kier molecular flexibility index (Phi) is 4.06. The lowest BCUT2D eigenvalue weighted by atomic mass is 9.88. The first-order chi connectivity index (χ1) is 10.2. The van der Waals surface area contributed by atoms with Crippen LogP contribution < -0.4 is 16.0 Å². The minimum atomic E-state index is -0.00230. The molecule has 0 radical (unpaired) electrons. The molecule has 1 heterocycles. The summed E-state index contributed by atoms with van der Waals surface area (Å²) in [5.41, 5.74) is 8.65. The quantitative estimate of drug-likeness (QED) is 0.937. The number of benzene rings is 1. The van der Waals surface area contributed by atoms with Crippen LogP contribution in [0.2, 0.25) is 0 Å². The van der Waals surface area contributed by atoms with E-state index < -0.39 is 0 Å². The molecule has 0 saturated heterocycles. The number of hydrogen-bond donors (Lipinski definition) is 1. The van der Waals surface area contributed by atoms with Gasteiger partial charge in [0.05, 0.1) is 6.54 Å². The molecule has 0 amide bonds. The lowest BCUT2D eigenvalue weighted by Gasteiger charge is -2.22. The van der Waals surface area contributed by atoms with Crippen molar-refractivity contribution in [3.05, 3.63) is 64.1 Å². The van der Waals surface area contributed by atoms with E-state index in [0.29, 0.717) is 13.2 Å². The standard InChI is InChI=1S/C17H20N2O2/c18-16-5-3-4-13-12-14(7-8-15(13)16)21-11-10-19-9-2-1-6-17(19)20/h1-2,6-9,12,16H,3-5,10-11,18H2. The molecule has 2 aromatic rings. The lowest BCUT2D eigenvalue weighted by Crippen LogP contribution is -2.21. The maximum Gasteiger partial charge on any atom is 0.250 e. The molecule has 1 aliphatic rings. The summed E-state index contributed by atoms with van der Waals surface area (Å²) in [6.07, 6.45) is 5.04. The number of nitrogens with two attached hydrogens (primary N) is 1. The van der Waals surface area contributed by atoms with Gasteiger partial charge in [0.1, 0.15) is 12.4 Å². The topological polar surface area (TPSA) is 57.2 Å². The van der Waals surface area contributed by atoms with Crippen molar-refractivity contribution in [2.24, 2.45) is 5.73 Å². The summed E-state index contributed by atoms with van der Waals surface area (Å²) in [5, 5.41) is 0. The number of aromatic nitrogens is 1. The van der Waals surface area contributed by atoms with Crippen molar-refractivity contribution in [1.29, 1.82) is 0 Å². The number of ether oxygens (including phenoxy) is 1. The van der Waals surface area contributed by atoms with Crippen molar-refractivity contribution in [1.82, 2.24) is 4.57 Å². The van der Waals surface area contributed by atoms with Crippen LogP contribution in [0.3, 0.4) is 0 Å². The predicted molar refractivity (Wildman–Crippen MR) is 82.5 cm³/mol. The average Bonchev–Trinajstić information content (AvgIpc) is 2.49. The number of aryl methyl sites for hydroxylation is 1. The minimum absolute atomic E-state index is 0.00230. The van der Waals surface area contributed by atoms with E-state index in [2.05, 4.69) is 12.1 Å². The van der Waals surface area contributed by atoms with E-state index in [1.807, 2.05) is 12.1 Å². The van der Waals surface area contributed by atoms with Gasteiger partial charge >= 0.3 is 0 Å². The van der Waals surface area contributed by atoms with Gasteiger partial charge in [-0.05, 0) is 48.6 Å². The largest absolute Gasteiger partial charge is 0.492 e. The van der Waals surface area contributed by atoms with Crippen LogP contribution in [0.15, 0.2) is 47.4 Å². The van der Waals surface area contributed by atoms with Crippen LogP contribution in [0.25, 0.3) is 0 Å². The highest BCUT2D eigenvalue weighted by Gasteiger charge is 2.16. The molecule has 1 aliphatic carbocycles. The highest BCUT2D eigenvalue weighted by Crippen LogP contribution is 2.30. The smallest absolute Gasteiger partial charge is 0.250 e. The van der Waals surface area contributed by atoms with Gasteiger partial charge < -0.3 is 15.0 Å². The van der Waals surface area contributed by atoms with E-state index in [4.69, 9.17) is 10.5 Å². The van der Waals surface area contributed by atoms with Gasteiger partial charge in [-0.3, -0.25) is 4.79 Å². The van der Waals surface area contributed by atoms with Gasteiger partial charge in [-0.1, -0.05) is 12.1 Å². The Labute approximate surface area is 124 Å². The van der Waals surface area contributed by atoms with Gasteiger partial charge in [0.15, 0.2) is 0 Å². The molecule has 3 rings (SSSR count). The molecule has 0 bridgehead atoms. The van der Waals surface area contributed by atoms with E-state index in [9.17, 15) is 4.79 Å².